The molecule has 0 radical (unpaired) electrons. The Labute approximate surface area is 337 Å². The first-order valence-corrected chi connectivity index (χ1v) is 20.6. The molecule has 0 unspecified atom stereocenters. The van der Waals surface area contributed by atoms with Gasteiger partial charge in [-0.25, -0.2) is 0 Å². The maximum absolute atomic E-state index is 2.54. The van der Waals surface area contributed by atoms with Crippen molar-refractivity contribution in [3.63, 3.8) is 0 Å². The van der Waals surface area contributed by atoms with Gasteiger partial charge in [-0.05, 0) is 141 Å². The molecule has 0 atom stereocenters. The third kappa shape index (κ3) is 5.70. The van der Waals surface area contributed by atoms with E-state index in [9.17, 15) is 0 Å². The summed E-state index contributed by atoms with van der Waals surface area (Å²) in [7, 11) is 0. The van der Waals surface area contributed by atoms with Crippen LogP contribution in [0.3, 0.4) is 0 Å². The number of aryl methyl sites for hydroxylation is 2. The van der Waals surface area contributed by atoms with Crippen molar-refractivity contribution in [3.8, 4) is 22.3 Å². The number of para-hydroxylation sites is 3. The van der Waals surface area contributed by atoms with Gasteiger partial charge in [0.1, 0.15) is 0 Å². The highest BCUT2D eigenvalue weighted by atomic mass is 15.2. The average Bonchev–Trinajstić information content (AvgIpc) is 3.72. The SMILES string of the molecule is CCCc1ccc2c(c1)C1(c3ccccc3-c3ccc(N(c4ccccc4)c4ccc(N(c5ccccc5)c5ccccc5)cc4)cc31)c1cc(CCC)ccc1-2. The topological polar surface area (TPSA) is 6.48 Å². The Morgan fingerprint density at radius 3 is 1.14 bits per heavy atom. The van der Waals surface area contributed by atoms with Crippen molar-refractivity contribution < 1.29 is 0 Å². The average molecular weight is 735 g/mol. The van der Waals surface area contributed by atoms with Gasteiger partial charge in [0, 0.05) is 34.1 Å². The lowest BCUT2D eigenvalue weighted by Crippen LogP contribution is -2.26. The van der Waals surface area contributed by atoms with Gasteiger partial charge in [0.25, 0.3) is 0 Å². The summed E-state index contributed by atoms with van der Waals surface area (Å²) in [5.74, 6) is 0. The Kier molecular flexibility index (Phi) is 8.83. The lowest BCUT2D eigenvalue weighted by atomic mass is 9.70. The van der Waals surface area contributed by atoms with Crippen molar-refractivity contribution in [2.45, 2.75) is 44.9 Å². The molecule has 276 valence electrons. The van der Waals surface area contributed by atoms with Gasteiger partial charge < -0.3 is 9.80 Å². The maximum atomic E-state index is 2.54. The fraction of sp³-hybridized carbons (Fsp3) is 0.127. The van der Waals surface area contributed by atoms with Crippen molar-refractivity contribution >= 4 is 34.1 Å². The van der Waals surface area contributed by atoms with E-state index in [2.05, 4.69) is 218 Å². The summed E-state index contributed by atoms with van der Waals surface area (Å²) >= 11 is 0. The number of anilines is 6. The van der Waals surface area contributed by atoms with E-state index in [0.29, 0.717) is 0 Å². The van der Waals surface area contributed by atoms with E-state index >= 15 is 0 Å². The number of hydrogen-bond acceptors (Lipinski definition) is 2. The second-order valence-corrected chi connectivity index (χ2v) is 15.5. The molecule has 0 N–H and O–H groups in total. The normalized spacial score (nSPS) is 12.8. The summed E-state index contributed by atoms with van der Waals surface area (Å²) in [6, 6.07) is 72.1. The predicted molar refractivity (Wildman–Crippen MR) is 240 cm³/mol. The van der Waals surface area contributed by atoms with Crippen molar-refractivity contribution in [1.29, 1.82) is 0 Å². The smallest absolute Gasteiger partial charge is 0.0726 e. The van der Waals surface area contributed by atoms with Gasteiger partial charge in [-0.15, -0.1) is 0 Å². The van der Waals surface area contributed by atoms with Crippen LogP contribution >= 0.6 is 0 Å². The summed E-state index contributed by atoms with van der Waals surface area (Å²) in [4.78, 5) is 4.75. The monoisotopic (exact) mass is 734 g/mol. The van der Waals surface area contributed by atoms with Crippen LogP contribution in [0.4, 0.5) is 34.1 Å². The molecule has 2 heteroatoms. The Morgan fingerprint density at radius 2 is 0.667 bits per heavy atom. The van der Waals surface area contributed by atoms with Crippen LogP contribution in [-0.2, 0) is 18.3 Å². The molecule has 0 aliphatic heterocycles. The number of rotatable bonds is 10. The second-order valence-electron chi connectivity index (χ2n) is 15.5. The van der Waals surface area contributed by atoms with Gasteiger partial charge in [0.15, 0.2) is 0 Å². The number of nitrogens with zero attached hydrogens (tertiary/aromatic N) is 2. The number of benzene rings is 8. The molecule has 57 heavy (non-hydrogen) atoms. The first kappa shape index (κ1) is 34.8. The molecule has 2 aliphatic carbocycles. The van der Waals surface area contributed by atoms with E-state index in [-0.39, 0.29) is 0 Å². The molecule has 0 amide bonds. The molecule has 2 aliphatic rings. The third-order valence-electron chi connectivity index (χ3n) is 12.0. The molecule has 0 fully saturated rings. The Bertz CT molecular complexity index is 2600. The Balaban J connectivity index is 1.17. The van der Waals surface area contributed by atoms with E-state index in [1.54, 1.807) is 0 Å². The van der Waals surface area contributed by atoms with E-state index in [1.807, 2.05) is 0 Å². The lowest BCUT2D eigenvalue weighted by Gasteiger charge is -2.33. The van der Waals surface area contributed by atoms with Crippen molar-refractivity contribution in [1.82, 2.24) is 0 Å². The fourth-order valence-corrected chi connectivity index (χ4v) is 9.67. The van der Waals surface area contributed by atoms with E-state index < -0.39 is 5.41 Å². The Morgan fingerprint density at radius 1 is 0.316 bits per heavy atom. The van der Waals surface area contributed by atoms with Crippen LogP contribution in [0, 0.1) is 0 Å². The third-order valence-corrected chi connectivity index (χ3v) is 12.0. The molecular formula is C55H46N2. The zero-order chi connectivity index (χ0) is 38.3. The van der Waals surface area contributed by atoms with Crippen LogP contribution in [0.25, 0.3) is 22.3 Å². The second kappa shape index (κ2) is 14.5. The van der Waals surface area contributed by atoms with Crippen LogP contribution in [0.5, 0.6) is 0 Å². The number of hydrogen-bond donors (Lipinski definition) is 0. The highest BCUT2D eigenvalue weighted by Crippen LogP contribution is 2.63. The zero-order valence-electron chi connectivity index (χ0n) is 32.7. The van der Waals surface area contributed by atoms with Crippen LogP contribution in [0.1, 0.15) is 60.1 Å². The molecule has 0 saturated carbocycles. The predicted octanol–water partition coefficient (Wildman–Crippen LogP) is 14.9. The van der Waals surface area contributed by atoms with Gasteiger partial charge in [-0.2, -0.15) is 0 Å². The van der Waals surface area contributed by atoms with E-state index in [0.717, 1.165) is 59.8 Å². The molecular weight excluding hydrogens is 689 g/mol. The van der Waals surface area contributed by atoms with Crippen molar-refractivity contribution in [3.05, 3.63) is 228 Å². The van der Waals surface area contributed by atoms with Crippen molar-refractivity contribution in [2.24, 2.45) is 0 Å². The molecule has 8 aromatic rings. The zero-order valence-corrected chi connectivity index (χ0v) is 32.7. The molecule has 0 heterocycles. The standard InChI is InChI=1S/C55H46N2/c1-3-16-39-26-33-48-49-34-27-40(17-4-2)37-53(49)55(52(48)36-39)51-25-15-14-24-47(51)50-35-32-46(38-54(50)55)57(43-22-12-7-13-23-43)45-30-28-44(29-31-45)56(41-18-8-5-9-19-41)42-20-10-6-11-21-42/h5-15,18-38H,3-4,16-17H2,1-2H3. The van der Waals surface area contributed by atoms with Crippen LogP contribution in [-0.4, -0.2) is 0 Å². The van der Waals surface area contributed by atoms with Crippen LogP contribution < -0.4 is 9.80 Å². The molecule has 2 nitrogen and oxygen atoms in total. The molecule has 0 bridgehead atoms. The largest absolute Gasteiger partial charge is 0.311 e. The summed E-state index contributed by atoms with van der Waals surface area (Å²) in [5.41, 5.74) is 20.1. The minimum absolute atomic E-state index is 0.418. The van der Waals surface area contributed by atoms with E-state index in [1.165, 1.54) is 55.6 Å². The maximum Gasteiger partial charge on any atom is 0.0726 e. The fourth-order valence-electron chi connectivity index (χ4n) is 9.67. The Hall–Kier alpha value is -6.64. The molecule has 10 rings (SSSR count). The quantitative estimate of drug-likeness (QED) is 0.138. The summed E-state index contributed by atoms with van der Waals surface area (Å²) < 4.78 is 0. The van der Waals surface area contributed by atoms with Gasteiger partial charge in [0.2, 0.25) is 0 Å². The highest BCUT2D eigenvalue weighted by molar-refractivity contribution is 5.96. The van der Waals surface area contributed by atoms with Gasteiger partial charge >= 0.3 is 0 Å². The minimum atomic E-state index is -0.418. The minimum Gasteiger partial charge on any atom is -0.311 e. The van der Waals surface area contributed by atoms with Gasteiger partial charge in [-0.1, -0.05) is 148 Å². The van der Waals surface area contributed by atoms with Gasteiger partial charge in [-0.3, -0.25) is 0 Å². The van der Waals surface area contributed by atoms with Gasteiger partial charge in [0.05, 0.1) is 5.41 Å². The molecule has 1 spiro atoms. The molecule has 8 aromatic carbocycles. The lowest BCUT2D eigenvalue weighted by molar-refractivity contribution is 0.785. The number of fused-ring (bicyclic) bond motifs is 10. The van der Waals surface area contributed by atoms with Crippen LogP contribution in [0.15, 0.2) is 194 Å². The first-order valence-electron chi connectivity index (χ1n) is 20.6. The first-order chi connectivity index (χ1) is 28.2. The summed E-state index contributed by atoms with van der Waals surface area (Å²) in [6.45, 7) is 4.57. The van der Waals surface area contributed by atoms with E-state index in [4.69, 9.17) is 0 Å². The summed E-state index contributed by atoms with van der Waals surface area (Å²) in [5, 5.41) is 0. The highest BCUT2D eigenvalue weighted by Gasteiger charge is 2.52. The van der Waals surface area contributed by atoms with Crippen LogP contribution in [0.2, 0.25) is 0 Å². The molecule has 0 saturated heterocycles. The van der Waals surface area contributed by atoms with Crippen molar-refractivity contribution in [2.75, 3.05) is 9.80 Å². The summed E-state index contributed by atoms with van der Waals surface area (Å²) in [6.07, 6.45) is 4.38. The molecule has 0 aromatic heterocycles.